The summed E-state index contributed by atoms with van der Waals surface area (Å²) in [5.74, 6) is 0. The van der Waals surface area contributed by atoms with Gasteiger partial charge in [0, 0.05) is 32.8 Å². The summed E-state index contributed by atoms with van der Waals surface area (Å²) in [6.45, 7) is 9.39. The van der Waals surface area contributed by atoms with E-state index in [4.69, 9.17) is 4.74 Å². The van der Waals surface area contributed by atoms with Crippen LogP contribution in [-0.2, 0) is 4.74 Å². The van der Waals surface area contributed by atoms with Crippen LogP contribution in [-0.4, -0.2) is 50.3 Å². The topological polar surface area (TPSA) is 24.5 Å². The standard InChI is InChI=1S/C17H34N2O/c1-15(2)18-13-17(9-5-4-6-10-17)14-19-11-7-8-16(12-19)20-3/h15-16,18H,4-14H2,1-3H3. The van der Waals surface area contributed by atoms with Crippen molar-refractivity contribution < 1.29 is 4.74 Å². The number of piperidine rings is 1. The molecule has 1 unspecified atom stereocenters. The van der Waals surface area contributed by atoms with Crippen LogP contribution in [0.2, 0.25) is 0 Å². The van der Waals surface area contributed by atoms with Crippen molar-refractivity contribution >= 4 is 0 Å². The van der Waals surface area contributed by atoms with E-state index < -0.39 is 0 Å². The highest BCUT2D eigenvalue weighted by Gasteiger charge is 2.35. The van der Waals surface area contributed by atoms with Crippen LogP contribution in [0.5, 0.6) is 0 Å². The molecule has 0 spiro atoms. The first-order chi connectivity index (χ1) is 9.63. The van der Waals surface area contributed by atoms with Crippen molar-refractivity contribution in [2.75, 3.05) is 33.3 Å². The fourth-order valence-electron chi connectivity index (χ4n) is 3.94. The lowest BCUT2D eigenvalue weighted by molar-refractivity contribution is 0.00628. The monoisotopic (exact) mass is 282 g/mol. The fraction of sp³-hybridized carbons (Fsp3) is 1.00. The summed E-state index contributed by atoms with van der Waals surface area (Å²) < 4.78 is 5.58. The van der Waals surface area contributed by atoms with E-state index in [0.29, 0.717) is 17.6 Å². The Labute approximate surface area is 125 Å². The van der Waals surface area contributed by atoms with Gasteiger partial charge in [-0.1, -0.05) is 33.1 Å². The van der Waals surface area contributed by atoms with Crippen molar-refractivity contribution in [2.45, 2.75) is 70.9 Å². The largest absolute Gasteiger partial charge is 0.380 e. The molecule has 1 aliphatic carbocycles. The molecule has 3 nitrogen and oxygen atoms in total. The fourth-order valence-corrected chi connectivity index (χ4v) is 3.94. The highest BCUT2D eigenvalue weighted by Crippen LogP contribution is 2.37. The molecule has 0 aromatic carbocycles. The van der Waals surface area contributed by atoms with E-state index in [1.807, 2.05) is 7.11 Å². The Kier molecular flexibility index (Phi) is 6.31. The molecule has 1 aliphatic heterocycles. The number of likely N-dealkylation sites (tertiary alicyclic amines) is 1. The summed E-state index contributed by atoms with van der Waals surface area (Å²) >= 11 is 0. The van der Waals surface area contributed by atoms with Crippen LogP contribution in [0.1, 0.15) is 58.8 Å². The van der Waals surface area contributed by atoms with E-state index >= 15 is 0 Å². The van der Waals surface area contributed by atoms with Gasteiger partial charge in [0.05, 0.1) is 6.10 Å². The number of ether oxygens (including phenoxy) is 1. The minimum atomic E-state index is 0.461. The minimum absolute atomic E-state index is 0.461. The van der Waals surface area contributed by atoms with Crippen molar-refractivity contribution in [1.29, 1.82) is 0 Å². The van der Waals surface area contributed by atoms with Crippen molar-refractivity contribution in [3.8, 4) is 0 Å². The molecule has 1 saturated heterocycles. The van der Waals surface area contributed by atoms with E-state index in [2.05, 4.69) is 24.1 Å². The van der Waals surface area contributed by atoms with E-state index in [1.54, 1.807) is 0 Å². The molecule has 0 radical (unpaired) electrons. The maximum Gasteiger partial charge on any atom is 0.0698 e. The predicted octanol–water partition coefficient (Wildman–Crippen LogP) is 3.05. The third kappa shape index (κ3) is 4.71. The first-order valence-corrected chi connectivity index (χ1v) is 8.62. The third-order valence-electron chi connectivity index (χ3n) is 5.15. The van der Waals surface area contributed by atoms with Crippen LogP contribution in [0.25, 0.3) is 0 Å². The van der Waals surface area contributed by atoms with Crippen LogP contribution in [0, 0.1) is 5.41 Å². The molecule has 1 heterocycles. The Balaban J connectivity index is 1.92. The summed E-state index contributed by atoms with van der Waals surface area (Å²) in [6, 6.07) is 0.599. The van der Waals surface area contributed by atoms with Gasteiger partial charge in [0.15, 0.2) is 0 Å². The molecule has 2 aliphatic rings. The molecule has 2 rings (SSSR count). The Morgan fingerprint density at radius 1 is 1.20 bits per heavy atom. The van der Waals surface area contributed by atoms with Crippen LogP contribution in [0.15, 0.2) is 0 Å². The van der Waals surface area contributed by atoms with Crippen molar-refractivity contribution in [1.82, 2.24) is 10.2 Å². The van der Waals surface area contributed by atoms with Crippen molar-refractivity contribution in [3.05, 3.63) is 0 Å². The number of hydrogen-bond acceptors (Lipinski definition) is 3. The second kappa shape index (κ2) is 7.77. The lowest BCUT2D eigenvalue weighted by Crippen LogP contribution is -2.50. The molecular formula is C17H34N2O. The SMILES string of the molecule is COC1CCCN(CC2(CNC(C)C)CCCCC2)C1. The molecule has 118 valence electrons. The molecule has 20 heavy (non-hydrogen) atoms. The number of hydrogen-bond donors (Lipinski definition) is 1. The summed E-state index contributed by atoms with van der Waals surface area (Å²) in [7, 11) is 1.87. The molecule has 0 aromatic rings. The number of methoxy groups -OCH3 is 1. The normalized spacial score (nSPS) is 27.9. The summed E-state index contributed by atoms with van der Waals surface area (Å²) in [5, 5.41) is 3.71. The number of nitrogens with one attached hydrogen (secondary N) is 1. The molecule has 2 fully saturated rings. The van der Waals surface area contributed by atoms with Gasteiger partial charge in [0.25, 0.3) is 0 Å². The molecule has 1 saturated carbocycles. The second-order valence-electron chi connectivity index (χ2n) is 7.33. The van der Waals surface area contributed by atoms with Gasteiger partial charge < -0.3 is 15.0 Å². The first-order valence-electron chi connectivity index (χ1n) is 8.62. The van der Waals surface area contributed by atoms with Crippen LogP contribution in [0.3, 0.4) is 0 Å². The highest BCUT2D eigenvalue weighted by atomic mass is 16.5. The Hall–Kier alpha value is -0.120. The van der Waals surface area contributed by atoms with Crippen LogP contribution < -0.4 is 5.32 Å². The first kappa shape index (κ1) is 16.3. The van der Waals surface area contributed by atoms with Crippen molar-refractivity contribution in [3.63, 3.8) is 0 Å². The third-order valence-corrected chi connectivity index (χ3v) is 5.15. The molecule has 0 bridgehead atoms. The minimum Gasteiger partial charge on any atom is -0.380 e. The Morgan fingerprint density at radius 3 is 2.60 bits per heavy atom. The quantitative estimate of drug-likeness (QED) is 0.810. The second-order valence-corrected chi connectivity index (χ2v) is 7.33. The zero-order valence-electron chi connectivity index (χ0n) is 13.8. The molecule has 3 heteroatoms. The van der Waals surface area contributed by atoms with Gasteiger partial charge in [-0.3, -0.25) is 0 Å². The van der Waals surface area contributed by atoms with E-state index in [0.717, 1.165) is 6.54 Å². The van der Waals surface area contributed by atoms with Crippen LogP contribution in [0.4, 0.5) is 0 Å². The molecule has 0 aromatic heterocycles. The van der Waals surface area contributed by atoms with Gasteiger partial charge in [0.2, 0.25) is 0 Å². The smallest absolute Gasteiger partial charge is 0.0698 e. The molecule has 1 atom stereocenters. The van der Waals surface area contributed by atoms with Gasteiger partial charge in [-0.25, -0.2) is 0 Å². The average molecular weight is 282 g/mol. The molecule has 0 amide bonds. The van der Waals surface area contributed by atoms with Gasteiger partial charge >= 0.3 is 0 Å². The number of nitrogens with zero attached hydrogens (tertiary/aromatic N) is 1. The molecule has 1 N–H and O–H groups in total. The lowest BCUT2D eigenvalue weighted by atomic mass is 9.73. The lowest BCUT2D eigenvalue weighted by Gasteiger charge is -2.44. The molecular weight excluding hydrogens is 248 g/mol. The van der Waals surface area contributed by atoms with E-state index in [-0.39, 0.29) is 0 Å². The van der Waals surface area contributed by atoms with Gasteiger partial charge in [-0.05, 0) is 37.6 Å². The van der Waals surface area contributed by atoms with Gasteiger partial charge in [-0.2, -0.15) is 0 Å². The summed E-state index contributed by atoms with van der Waals surface area (Å²) in [4.78, 5) is 2.67. The van der Waals surface area contributed by atoms with Gasteiger partial charge in [-0.15, -0.1) is 0 Å². The zero-order valence-corrected chi connectivity index (χ0v) is 13.8. The van der Waals surface area contributed by atoms with Crippen LogP contribution >= 0.6 is 0 Å². The maximum atomic E-state index is 5.58. The summed E-state index contributed by atoms with van der Waals surface area (Å²) in [6.07, 6.45) is 10.1. The van der Waals surface area contributed by atoms with Crippen molar-refractivity contribution in [2.24, 2.45) is 5.41 Å². The maximum absolute atomic E-state index is 5.58. The van der Waals surface area contributed by atoms with E-state index in [9.17, 15) is 0 Å². The average Bonchev–Trinajstić information content (AvgIpc) is 2.46. The summed E-state index contributed by atoms with van der Waals surface area (Å²) in [5.41, 5.74) is 0.512. The Bertz CT molecular complexity index is 274. The Morgan fingerprint density at radius 2 is 1.95 bits per heavy atom. The number of rotatable bonds is 6. The van der Waals surface area contributed by atoms with E-state index in [1.165, 1.54) is 64.6 Å². The zero-order chi connectivity index (χ0) is 14.4. The predicted molar refractivity (Wildman–Crippen MR) is 85.1 cm³/mol. The van der Waals surface area contributed by atoms with Gasteiger partial charge in [0.1, 0.15) is 0 Å². The highest BCUT2D eigenvalue weighted by molar-refractivity contribution is 4.89.